The first-order valence-corrected chi connectivity index (χ1v) is 5.59. The molecule has 0 fully saturated rings. The Labute approximate surface area is 117 Å². The normalized spacial score (nSPS) is 10.7. The number of non-ortho nitro benzene ring substituents is 1. The van der Waals surface area contributed by atoms with Gasteiger partial charge in [0.15, 0.2) is 5.69 Å². The van der Waals surface area contributed by atoms with E-state index in [0.717, 1.165) is 24.4 Å². The molecule has 0 atom stereocenters. The van der Waals surface area contributed by atoms with E-state index in [1.165, 1.54) is 6.92 Å². The number of nitrogens with zero attached hydrogens (tertiary/aromatic N) is 4. The van der Waals surface area contributed by atoms with Crippen LogP contribution in [0.2, 0.25) is 0 Å². The molecule has 2 aromatic rings. The van der Waals surface area contributed by atoms with Crippen LogP contribution in [0.1, 0.15) is 21.7 Å². The summed E-state index contributed by atoms with van der Waals surface area (Å²) >= 11 is 0. The number of carbonyl (C=O) groups is 1. The van der Waals surface area contributed by atoms with Gasteiger partial charge in [0.05, 0.1) is 11.1 Å². The Kier molecular flexibility index (Phi) is 3.88. The number of rotatable bonds is 4. The Balaban J connectivity index is 2.11. The lowest BCUT2D eigenvalue weighted by atomic mass is 10.2. The summed E-state index contributed by atoms with van der Waals surface area (Å²) < 4.78 is 4.36. The average Bonchev–Trinajstić information content (AvgIpc) is 2.86. The van der Waals surface area contributed by atoms with Crippen LogP contribution >= 0.6 is 0 Å². The molecule has 0 spiro atoms. The molecule has 1 amide bonds. The van der Waals surface area contributed by atoms with Crippen LogP contribution in [0, 0.1) is 17.0 Å². The van der Waals surface area contributed by atoms with Crippen molar-refractivity contribution < 1.29 is 19.5 Å². The van der Waals surface area contributed by atoms with Crippen molar-refractivity contribution in [2.75, 3.05) is 0 Å². The number of nitro benzene ring substituents is 1. The topological polar surface area (TPSA) is 144 Å². The molecule has 2 N–H and O–H groups in total. The smallest absolute Gasteiger partial charge is 0.295 e. The molecule has 1 aromatic heterocycles. The number of nitro groups is 1. The van der Waals surface area contributed by atoms with Crippen molar-refractivity contribution >= 4 is 17.8 Å². The summed E-state index contributed by atoms with van der Waals surface area (Å²) in [6.07, 6.45) is 1.07. The van der Waals surface area contributed by atoms with Crippen LogP contribution < -0.4 is 5.43 Å². The highest BCUT2D eigenvalue weighted by Crippen LogP contribution is 2.21. The third kappa shape index (κ3) is 3.18. The minimum absolute atomic E-state index is 0.0320. The number of phenolic OH excluding ortho intramolecular Hbond substituents is 1. The number of aryl methyl sites for hydroxylation is 1. The zero-order valence-corrected chi connectivity index (χ0v) is 10.7. The van der Waals surface area contributed by atoms with E-state index >= 15 is 0 Å². The third-order valence-corrected chi connectivity index (χ3v) is 2.46. The highest BCUT2D eigenvalue weighted by atomic mass is 16.6. The van der Waals surface area contributed by atoms with Gasteiger partial charge in [-0.15, -0.1) is 0 Å². The first-order valence-electron chi connectivity index (χ1n) is 5.59. The van der Waals surface area contributed by atoms with E-state index in [9.17, 15) is 20.0 Å². The Morgan fingerprint density at radius 1 is 1.52 bits per heavy atom. The molecular formula is C11H9N5O5. The molecule has 0 aliphatic carbocycles. The Morgan fingerprint density at radius 3 is 2.90 bits per heavy atom. The van der Waals surface area contributed by atoms with Crippen molar-refractivity contribution in [2.24, 2.45) is 5.10 Å². The number of carbonyl (C=O) groups excluding carboxylic acids is 1. The maximum Gasteiger partial charge on any atom is 0.295 e. The number of aromatic nitrogens is 2. The summed E-state index contributed by atoms with van der Waals surface area (Å²) in [5.74, 6) is -0.868. The standard InChI is InChI=1S/C11H9N5O5/c1-6-10(15-21-14-6)11(18)13-12-5-7-4-8(16(19)20)2-3-9(7)17/h2-5,17H,1H3,(H,13,18)/b12-5+. The van der Waals surface area contributed by atoms with E-state index in [2.05, 4.69) is 25.5 Å². The molecule has 0 radical (unpaired) electrons. The Bertz CT molecular complexity index is 724. The summed E-state index contributed by atoms with van der Waals surface area (Å²) in [4.78, 5) is 21.6. The van der Waals surface area contributed by atoms with Gasteiger partial charge in [-0.05, 0) is 18.1 Å². The molecule has 0 aliphatic rings. The molecule has 1 aromatic carbocycles. The molecule has 10 nitrogen and oxygen atoms in total. The van der Waals surface area contributed by atoms with Gasteiger partial charge in [-0.2, -0.15) is 5.10 Å². The molecular weight excluding hydrogens is 282 g/mol. The van der Waals surface area contributed by atoms with Crippen molar-refractivity contribution in [3.63, 3.8) is 0 Å². The van der Waals surface area contributed by atoms with E-state index in [1.807, 2.05) is 0 Å². The van der Waals surface area contributed by atoms with Gasteiger partial charge >= 0.3 is 0 Å². The van der Waals surface area contributed by atoms with Gasteiger partial charge in [-0.3, -0.25) is 14.9 Å². The Morgan fingerprint density at radius 2 is 2.29 bits per heavy atom. The van der Waals surface area contributed by atoms with Crippen LogP contribution in [0.4, 0.5) is 5.69 Å². The minimum atomic E-state index is -0.657. The maximum absolute atomic E-state index is 11.6. The molecule has 21 heavy (non-hydrogen) atoms. The van der Waals surface area contributed by atoms with Crippen molar-refractivity contribution in [3.8, 4) is 5.75 Å². The highest BCUT2D eigenvalue weighted by molar-refractivity contribution is 5.94. The van der Waals surface area contributed by atoms with Crippen LogP contribution in [-0.4, -0.2) is 32.5 Å². The maximum atomic E-state index is 11.6. The lowest BCUT2D eigenvalue weighted by Gasteiger charge is -1.99. The molecule has 108 valence electrons. The Hall–Kier alpha value is -3.30. The van der Waals surface area contributed by atoms with E-state index in [1.54, 1.807) is 0 Å². The number of benzene rings is 1. The van der Waals surface area contributed by atoms with Crippen LogP contribution in [-0.2, 0) is 0 Å². The zero-order valence-electron chi connectivity index (χ0n) is 10.7. The molecule has 10 heteroatoms. The van der Waals surface area contributed by atoms with Crippen molar-refractivity contribution in [2.45, 2.75) is 6.92 Å². The fourth-order valence-electron chi connectivity index (χ4n) is 1.41. The first-order chi connectivity index (χ1) is 9.99. The highest BCUT2D eigenvalue weighted by Gasteiger charge is 2.14. The zero-order chi connectivity index (χ0) is 15.4. The largest absolute Gasteiger partial charge is 0.507 e. The summed E-state index contributed by atoms with van der Waals surface area (Å²) in [5, 5.41) is 30.6. The second-order valence-corrected chi connectivity index (χ2v) is 3.90. The predicted octanol–water partition coefficient (Wildman–Crippen LogP) is 0.756. The molecule has 0 saturated carbocycles. The fourth-order valence-corrected chi connectivity index (χ4v) is 1.41. The summed E-state index contributed by atoms with van der Waals surface area (Å²) in [6, 6.07) is 3.43. The van der Waals surface area contributed by atoms with Crippen molar-refractivity contribution in [3.05, 3.63) is 45.3 Å². The van der Waals surface area contributed by atoms with Crippen LogP contribution in [0.15, 0.2) is 27.9 Å². The predicted molar refractivity (Wildman–Crippen MR) is 68.9 cm³/mol. The van der Waals surface area contributed by atoms with Gasteiger partial charge in [0, 0.05) is 17.7 Å². The van der Waals surface area contributed by atoms with Crippen LogP contribution in [0.3, 0.4) is 0 Å². The van der Waals surface area contributed by atoms with Crippen LogP contribution in [0.25, 0.3) is 0 Å². The lowest BCUT2D eigenvalue weighted by Crippen LogP contribution is -2.19. The number of hydrogen-bond acceptors (Lipinski definition) is 8. The van der Waals surface area contributed by atoms with Crippen LogP contribution in [0.5, 0.6) is 5.75 Å². The number of hydrogen-bond donors (Lipinski definition) is 2. The summed E-state index contributed by atoms with van der Waals surface area (Å²) in [6.45, 7) is 1.53. The van der Waals surface area contributed by atoms with Crippen molar-refractivity contribution in [1.29, 1.82) is 0 Å². The molecule has 0 saturated heterocycles. The second-order valence-electron chi connectivity index (χ2n) is 3.90. The van der Waals surface area contributed by atoms with E-state index in [4.69, 9.17) is 0 Å². The van der Waals surface area contributed by atoms with Gasteiger partial charge in [0.25, 0.3) is 11.6 Å². The molecule has 0 aliphatic heterocycles. The van der Waals surface area contributed by atoms with Gasteiger partial charge < -0.3 is 5.11 Å². The van der Waals surface area contributed by atoms with Crippen molar-refractivity contribution in [1.82, 2.24) is 15.7 Å². The van der Waals surface area contributed by atoms with E-state index < -0.39 is 10.8 Å². The summed E-state index contributed by atoms with van der Waals surface area (Å²) in [7, 11) is 0. The average molecular weight is 291 g/mol. The molecule has 0 unspecified atom stereocenters. The minimum Gasteiger partial charge on any atom is -0.507 e. The van der Waals surface area contributed by atoms with Gasteiger partial charge in [-0.25, -0.2) is 10.1 Å². The third-order valence-electron chi connectivity index (χ3n) is 2.46. The fraction of sp³-hybridized carbons (Fsp3) is 0.0909. The van der Waals surface area contributed by atoms with E-state index in [-0.39, 0.29) is 22.7 Å². The SMILES string of the molecule is Cc1nonc1C(=O)N/N=C/c1cc([N+](=O)[O-])ccc1O. The van der Waals surface area contributed by atoms with Gasteiger partial charge in [0.1, 0.15) is 11.4 Å². The quantitative estimate of drug-likeness (QED) is 0.480. The molecule has 0 bridgehead atoms. The number of aromatic hydroxyl groups is 1. The number of amides is 1. The number of hydrazone groups is 1. The summed E-state index contributed by atoms with van der Waals surface area (Å²) in [5.41, 5.74) is 2.27. The first kappa shape index (κ1) is 14.1. The van der Waals surface area contributed by atoms with Gasteiger partial charge in [0.2, 0.25) is 0 Å². The monoisotopic (exact) mass is 291 g/mol. The molecule has 1 heterocycles. The van der Waals surface area contributed by atoms with E-state index in [0.29, 0.717) is 5.69 Å². The number of phenols is 1. The van der Waals surface area contributed by atoms with Gasteiger partial charge in [-0.1, -0.05) is 5.16 Å². The molecule has 2 rings (SSSR count). The lowest BCUT2D eigenvalue weighted by molar-refractivity contribution is -0.384. The number of nitrogens with one attached hydrogen (secondary N) is 1. The second kappa shape index (κ2) is 5.77.